The van der Waals surface area contributed by atoms with Gasteiger partial charge in [0.15, 0.2) is 5.75 Å². The molecule has 1 aliphatic carbocycles. The van der Waals surface area contributed by atoms with Crippen molar-refractivity contribution in [2.45, 2.75) is 18.8 Å². The lowest BCUT2D eigenvalue weighted by Gasteiger charge is -2.11. The molecule has 110 valence electrons. The standard InChI is InChI=1S/C14H11N5O3/c20-11-10(12(21)13(11)22)15-9-4-7(6-1-2-6)3-8(5-9)14-16-18-19-17-14/h3-6,15,20H,1-2H2,(H,16,17,18,19). The Hall–Kier alpha value is -3.03. The van der Waals surface area contributed by atoms with Crippen LogP contribution in [0.25, 0.3) is 11.4 Å². The molecule has 0 bridgehead atoms. The highest BCUT2D eigenvalue weighted by atomic mass is 16.3. The van der Waals surface area contributed by atoms with E-state index < -0.39 is 16.6 Å². The van der Waals surface area contributed by atoms with E-state index in [0.29, 0.717) is 17.4 Å². The maximum atomic E-state index is 11.5. The number of tetrazole rings is 1. The van der Waals surface area contributed by atoms with Crippen LogP contribution in [-0.4, -0.2) is 25.7 Å². The highest BCUT2D eigenvalue weighted by molar-refractivity contribution is 5.73. The summed E-state index contributed by atoms with van der Waals surface area (Å²) in [5.74, 6) is 0.399. The van der Waals surface area contributed by atoms with E-state index in [-0.39, 0.29) is 5.69 Å². The van der Waals surface area contributed by atoms with Gasteiger partial charge < -0.3 is 10.4 Å². The number of H-pyrrole nitrogens is 1. The average molecular weight is 297 g/mol. The Morgan fingerprint density at radius 1 is 1.18 bits per heavy atom. The van der Waals surface area contributed by atoms with Crippen molar-refractivity contribution in [2.75, 3.05) is 5.32 Å². The molecule has 0 atom stereocenters. The summed E-state index contributed by atoms with van der Waals surface area (Å²) >= 11 is 0. The quantitative estimate of drug-likeness (QED) is 0.609. The van der Waals surface area contributed by atoms with Crippen molar-refractivity contribution in [3.8, 4) is 17.1 Å². The number of aromatic hydroxyl groups is 1. The number of hydrogen-bond acceptors (Lipinski definition) is 7. The highest BCUT2D eigenvalue weighted by Gasteiger charge is 2.26. The molecule has 3 aromatic rings. The zero-order valence-electron chi connectivity index (χ0n) is 11.3. The number of anilines is 2. The molecular weight excluding hydrogens is 286 g/mol. The predicted molar refractivity (Wildman–Crippen MR) is 77.9 cm³/mol. The van der Waals surface area contributed by atoms with E-state index in [0.717, 1.165) is 24.0 Å². The topological polar surface area (TPSA) is 121 Å². The second kappa shape index (κ2) is 4.48. The van der Waals surface area contributed by atoms with Crippen molar-refractivity contribution in [2.24, 2.45) is 0 Å². The van der Waals surface area contributed by atoms with Crippen LogP contribution in [0.2, 0.25) is 0 Å². The van der Waals surface area contributed by atoms with Gasteiger partial charge in [-0.25, -0.2) is 0 Å². The fourth-order valence-corrected chi connectivity index (χ4v) is 2.43. The first-order valence-corrected chi connectivity index (χ1v) is 6.81. The number of nitrogens with zero attached hydrogens (tertiary/aromatic N) is 3. The maximum Gasteiger partial charge on any atom is 0.271 e. The number of nitrogens with one attached hydrogen (secondary N) is 2. The third kappa shape index (κ3) is 1.96. The zero-order chi connectivity index (χ0) is 15.3. The predicted octanol–water partition coefficient (Wildman–Crippen LogP) is 0.789. The number of hydrogen-bond donors (Lipinski definition) is 3. The number of aromatic amines is 1. The van der Waals surface area contributed by atoms with Gasteiger partial charge in [0.25, 0.3) is 10.9 Å². The molecule has 4 rings (SSSR count). The third-order valence-corrected chi connectivity index (χ3v) is 3.76. The minimum Gasteiger partial charge on any atom is -0.502 e. The molecule has 8 heteroatoms. The number of benzene rings is 1. The van der Waals surface area contributed by atoms with Crippen LogP contribution < -0.4 is 16.2 Å². The summed E-state index contributed by atoms with van der Waals surface area (Å²) in [6, 6.07) is 5.63. The Morgan fingerprint density at radius 2 is 2.00 bits per heavy atom. The van der Waals surface area contributed by atoms with Gasteiger partial charge in [0, 0.05) is 11.3 Å². The van der Waals surface area contributed by atoms with Gasteiger partial charge in [-0.2, -0.15) is 5.21 Å². The Balaban J connectivity index is 1.75. The molecule has 22 heavy (non-hydrogen) atoms. The van der Waals surface area contributed by atoms with E-state index in [9.17, 15) is 14.7 Å². The molecule has 1 aromatic heterocycles. The molecule has 2 aromatic carbocycles. The molecular formula is C14H11N5O3. The van der Waals surface area contributed by atoms with Crippen molar-refractivity contribution in [1.82, 2.24) is 20.6 Å². The van der Waals surface area contributed by atoms with Crippen molar-refractivity contribution >= 4 is 11.4 Å². The van der Waals surface area contributed by atoms with Gasteiger partial charge in [-0.05, 0) is 47.7 Å². The van der Waals surface area contributed by atoms with E-state index in [1.165, 1.54) is 0 Å². The lowest BCUT2D eigenvalue weighted by Crippen LogP contribution is -2.32. The van der Waals surface area contributed by atoms with Crippen LogP contribution in [0.5, 0.6) is 5.75 Å². The Morgan fingerprint density at radius 3 is 2.64 bits per heavy atom. The monoisotopic (exact) mass is 297 g/mol. The van der Waals surface area contributed by atoms with Crippen LogP contribution in [0.15, 0.2) is 27.8 Å². The Kier molecular flexibility index (Phi) is 2.59. The van der Waals surface area contributed by atoms with Gasteiger partial charge in [-0.3, -0.25) is 9.59 Å². The molecule has 0 radical (unpaired) electrons. The minimum absolute atomic E-state index is 0.0722. The largest absolute Gasteiger partial charge is 0.502 e. The van der Waals surface area contributed by atoms with Gasteiger partial charge in [-0.15, -0.1) is 10.2 Å². The number of aromatic nitrogens is 4. The van der Waals surface area contributed by atoms with Crippen LogP contribution in [0.3, 0.4) is 0 Å². The molecule has 0 spiro atoms. The number of rotatable bonds is 4. The fraction of sp³-hybridized carbons (Fsp3) is 0.214. The molecule has 0 aliphatic heterocycles. The van der Waals surface area contributed by atoms with Crippen LogP contribution >= 0.6 is 0 Å². The lowest BCUT2D eigenvalue weighted by molar-refractivity contribution is 0.466. The second-order valence-corrected chi connectivity index (χ2v) is 5.36. The Labute approximate surface area is 123 Å². The summed E-state index contributed by atoms with van der Waals surface area (Å²) in [7, 11) is 0. The van der Waals surface area contributed by atoms with E-state index in [1.54, 1.807) is 6.07 Å². The summed E-state index contributed by atoms with van der Waals surface area (Å²) in [4.78, 5) is 22.5. The van der Waals surface area contributed by atoms with E-state index in [2.05, 4.69) is 25.9 Å². The van der Waals surface area contributed by atoms with Crippen LogP contribution in [-0.2, 0) is 0 Å². The van der Waals surface area contributed by atoms with E-state index >= 15 is 0 Å². The molecule has 8 nitrogen and oxygen atoms in total. The minimum atomic E-state index is -0.862. The van der Waals surface area contributed by atoms with Crippen molar-refractivity contribution in [3.05, 3.63) is 44.2 Å². The van der Waals surface area contributed by atoms with Crippen molar-refractivity contribution in [3.63, 3.8) is 0 Å². The molecule has 1 saturated carbocycles. The van der Waals surface area contributed by atoms with Crippen LogP contribution in [0.1, 0.15) is 24.3 Å². The summed E-state index contributed by atoms with van der Waals surface area (Å²) in [5, 5.41) is 26.1. The molecule has 1 fully saturated rings. The summed E-state index contributed by atoms with van der Waals surface area (Å²) < 4.78 is 0. The summed E-state index contributed by atoms with van der Waals surface area (Å²) in [6.45, 7) is 0. The maximum absolute atomic E-state index is 11.5. The fourth-order valence-electron chi connectivity index (χ4n) is 2.43. The van der Waals surface area contributed by atoms with Crippen molar-refractivity contribution in [1.29, 1.82) is 0 Å². The molecule has 0 saturated heterocycles. The highest BCUT2D eigenvalue weighted by Crippen LogP contribution is 2.42. The van der Waals surface area contributed by atoms with Crippen LogP contribution in [0.4, 0.5) is 11.4 Å². The van der Waals surface area contributed by atoms with Gasteiger partial charge in [-0.1, -0.05) is 0 Å². The molecule has 0 unspecified atom stereocenters. The zero-order valence-corrected chi connectivity index (χ0v) is 11.3. The normalized spacial score (nSPS) is 14.4. The second-order valence-electron chi connectivity index (χ2n) is 5.36. The van der Waals surface area contributed by atoms with Gasteiger partial charge >= 0.3 is 0 Å². The van der Waals surface area contributed by atoms with Gasteiger partial charge in [0.05, 0.1) is 0 Å². The summed E-state index contributed by atoms with van der Waals surface area (Å²) in [6.07, 6.45) is 2.22. The average Bonchev–Trinajstić information content (AvgIpc) is 3.25. The first-order chi connectivity index (χ1) is 10.6. The smallest absolute Gasteiger partial charge is 0.271 e. The SMILES string of the molecule is O=c1c(O)c(Nc2cc(-c3nn[nH]n3)cc(C3CC3)c2)c1=O. The first kappa shape index (κ1) is 12.7. The molecule has 1 heterocycles. The third-order valence-electron chi connectivity index (χ3n) is 3.76. The molecule has 3 N–H and O–H groups in total. The van der Waals surface area contributed by atoms with Gasteiger partial charge in [0.1, 0.15) is 5.69 Å². The van der Waals surface area contributed by atoms with E-state index in [4.69, 9.17) is 0 Å². The lowest BCUT2D eigenvalue weighted by atomic mass is 10.0. The molecule has 0 amide bonds. The first-order valence-electron chi connectivity index (χ1n) is 6.81. The van der Waals surface area contributed by atoms with Gasteiger partial charge in [0.2, 0.25) is 5.82 Å². The summed E-state index contributed by atoms with van der Waals surface area (Å²) in [5.41, 5.74) is 0.806. The molecule has 1 aliphatic rings. The van der Waals surface area contributed by atoms with Crippen molar-refractivity contribution < 1.29 is 5.11 Å². The van der Waals surface area contributed by atoms with Crippen LogP contribution in [0, 0.1) is 0 Å². The van der Waals surface area contributed by atoms with E-state index in [1.807, 2.05) is 12.1 Å². The Bertz CT molecular complexity index is 921.